The number of pyridine rings is 1. The van der Waals surface area contributed by atoms with Crippen LogP contribution in [0.2, 0.25) is 0 Å². The highest BCUT2D eigenvalue weighted by Crippen LogP contribution is 2.52. The summed E-state index contributed by atoms with van der Waals surface area (Å²) in [6.07, 6.45) is -10.8. The quantitative estimate of drug-likeness (QED) is 0.858. The Bertz CT molecular complexity index is 585. The van der Waals surface area contributed by atoms with Gasteiger partial charge >= 0.3 is 12.4 Å². The Morgan fingerprint density at radius 3 is 1.74 bits per heavy atom. The van der Waals surface area contributed by atoms with Gasteiger partial charge in [0.15, 0.2) is 0 Å². The number of benzene rings is 1. The smallest absolute Gasteiger partial charge is 0.373 e. The average Bonchev–Trinajstić information content (AvgIpc) is 2.47. The molecule has 2 aromatic rings. The standard InChI is InChI=1S/C15H11F6NO/c16-14(17,18)13(23,15(19,20)21)12(10-6-2-1-3-7-10)11-8-4-5-9-22-11/h1-9,12,23H. The summed E-state index contributed by atoms with van der Waals surface area (Å²) in [6, 6.07) is 9.82. The fourth-order valence-electron chi connectivity index (χ4n) is 2.31. The van der Waals surface area contributed by atoms with Gasteiger partial charge in [0.1, 0.15) is 0 Å². The minimum Gasteiger partial charge on any atom is -0.373 e. The van der Waals surface area contributed by atoms with Gasteiger partial charge in [0.25, 0.3) is 5.60 Å². The van der Waals surface area contributed by atoms with Gasteiger partial charge in [-0.25, -0.2) is 0 Å². The van der Waals surface area contributed by atoms with Gasteiger partial charge in [0.2, 0.25) is 0 Å². The molecule has 1 aromatic carbocycles. The van der Waals surface area contributed by atoms with Crippen LogP contribution in [-0.2, 0) is 0 Å². The maximum atomic E-state index is 13.2. The number of aliphatic hydroxyl groups is 1. The summed E-state index contributed by atoms with van der Waals surface area (Å²) in [5.74, 6) is -2.44. The van der Waals surface area contributed by atoms with Crippen molar-refractivity contribution in [1.29, 1.82) is 0 Å². The molecule has 23 heavy (non-hydrogen) atoms. The number of nitrogens with zero attached hydrogens (tertiary/aromatic N) is 1. The van der Waals surface area contributed by atoms with E-state index in [0.717, 1.165) is 24.4 Å². The van der Waals surface area contributed by atoms with Crippen molar-refractivity contribution in [1.82, 2.24) is 4.98 Å². The van der Waals surface area contributed by atoms with Crippen LogP contribution in [0, 0.1) is 0 Å². The summed E-state index contributed by atoms with van der Waals surface area (Å²) in [4.78, 5) is 3.59. The molecular weight excluding hydrogens is 324 g/mol. The molecule has 0 amide bonds. The van der Waals surface area contributed by atoms with Gasteiger partial charge in [-0.05, 0) is 17.7 Å². The Balaban J connectivity index is 2.75. The molecule has 1 heterocycles. The van der Waals surface area contributed by atoms with Crippen molar-refractivity contribution >= 4 is 0 Å². The van der Waals surface area contributed by atoms with Crippen molar-refractivity contribution in [2.75, 3.05) is 0 Å². The molecule has 0 fully saturated rings. The van der Waals surface area contributed by atoms with Crippen LogP contribution in [0.4, 0.5) is 26.3 Å². The zero-order chi connectivity index (χ0) is 17.3. The lowest BCUT2D eigenvalue weighted by Gasteiger charge is -2.38. The lowest BCUT2D eigenvalue weighted by Crippen LogP contribution is -2.61. The zero-order valence-electron chi connectivity index (χ0n) is 11.4. The van der Waals surface area contributed by atoms with Crippen LogP contribution >= 0.6 is 0 Å². The summed E-state index contributed by atoms with van der Waals surface area (Å²) in [5.41, 5.74) is -5.84. The maximum Gasteiger partial charge on any atom is 0.427 e. The first kappa shape index (κ1) is 17.3. The van der Waals surface area contributed by atoms with Crippen molar-refractivity contribution in [2.24, 2.45) is 0 Å². The van der Waals surface area contributed by atoms with Crippen LogP contribution in [0.15, 0.2) is 54.7 Å². The molecule has 2 nitrogen and oxygen atoms in total. The molecule has 2 rings (SSSR count). The van der Waals surface area contributed by atoms with Crippen molar-refractivity contribution < 1.29 is 31.4 Å². The predicted molar refractivity (Wildman–Crippen MR) is 69.6 cm³/mol. The third-order valence-corrected chi connectivity index (χ3v) is 3.40. The van der Waals surface area contributed by atoms with E-state index < -0.39 is 29.6 Å². The number of alkyl halides is 6. The van der Waals surface area contributed by atoms with E-state index in [1.54, 1.807) is 0 Å². The van der Waals surface area contributed by atoms with Gasteiger partial charge in [0, 0.05) is 6.20 Å². The van der Waals surface area contributed by atoms with Crippen LogP contribution in [-0.4, -0.2) is 28.0 Å². The number of halogens is 6. The number of rotatable bonds is 3. The normalized spacial score (nSPS) is 14.6. The van der Waals surface area contributed by atoms with Crippen molar-refractivity contribution in [3.05, 3.63) is 66.0 Å². The highest BCUT2D eigenvalue weighted by molar-refractivity contribution is 5.34. The Labute approximate surface area is 127 Å². The van der Waals surface area contributed by atoms with Gasteiger partial charge < -0.3 is 5.11 Å². The second-order valence-corrected chi connectivity index (χ2v) is 4.86. The molecule has 0 saturated carbocycles. The average molecular weight is 335 g/mol. The third-order valence-electron chi connectivity index (χ3n) is 3.40. The molecule has 1 atom stereocenters. The highest BCUT2D eigenvalue weighted by Gasteiger charge is 2.74. The lowest BCUT2D eigenvalue weighted by atomic mass is 9.78. The summed E-state index contributed by atoms with van der Waals surface area (Å²) in [6.45, 7) is 0. The van der Waals surface area contributed by atoms with Crippen molar-refractivity contribution in [2.45, 2.75) is 23.9 Å². The predicted octanol–water partition coefficient (Wildman–Crippen LogP) is 4.07. The number of hydrogen-bond acceptors (Lipinski definition) is 2. The SMILES string of the molecule is OC(C(c1ccccc1)c1ccccn1)(C(F)(F)F)C(F)(F)F. The summed E-state index contributed by atoms with van der Waals surface area (Å²) < 4.78 is 79.3. The van der Waals surface area contributed by atoms with Crippen LogP contribution in [0.3, 0.4) is 0 Å². The van der Waals surface area contributed by atoms with Crippen LogP contribution in [0.5, 0.6) is 0 Å². The van der Waals surface area contributed by atoms with E-state index in [0.29, 0.717) is 0 Å². The third kappa shape index (κ3) is 3.03. The molecule has 0 aliphatic heterocycles. The van der Waals surface area contributed by atoms with Crippen LogP contribution in [0.25, 0.3) is 0 Å². The van der Waals surface area contributed by atoms with Crippen molar-refractivity contribution in [3.63, 3.8) is 0 Å². The van der Waals surface area contributed by atoms with Gasteiger partial charge in [-0.15, -0.1) is 0 Å². The second kappa shape index (κ2) is 5.84. The van der Waals surface area contributed by atoms with E-state index in [2.05, 4.69) is 4.98 Å². The molecule has 0 aliphatic rings. The van der Waals surface area contributed by atoms with E-state index in [4.69, 9.17) is 0 Å². The largest absolute Gasteiger partial charge is 0.427 e. The van der Waals surface area contributed by atoms with Gasteiger partial charge in [0.05, 0.1) is 11.6 Å². The zero-order valence-corrected chi connectivity index (χ0v) is 11.4. The number of aromatic nitrogens is 1. The lowest BCUT2D eigenvalue weighted by molar-refractivity contribution is -0.372. The fourth-order valence-corrected chi connectivity index (χ4v) is 2.31. The van der Waals surface area contributed by atoms with Gasteiger partial charge in [-0.1, -0.05) is 36.4 Å². The van der Waals surface area contributed by atoms with E-state index in [1.807, 2.05) is 0 Å². The first-order valence-corrected chi connectivity index (χ1v) is 6.40. The molecule has 1 aromatic heterocycles. The van der Waals surface area contributed by atoms with E-state index >= 15 is 0 Å². The molecule has 0 radical (unpaired) electrons. The minimum absolute atomic E-state index is 0.344. The van der Waals surface area contributed by atoms with E-state index in [1.165, 1.54) is 30.3 Å². The van der Waals surface area contributed by atoms with Crippen LogP contribution in [0.1, 0.15) is 17.2 Å². The Morgan fingerprint density at radius 1 is 0.783 bits per heavy atom. The molecule has 0 saturated heterocycles. The molecule has 0 spiro atoms. The maximum absolute atomic E-state index is 13.2. The van der Waals surface area contributed by atoms with Crippen molar-refractivity contribution in [3.8, 4) is 0 Å². The highest BCUT2D eigenvalue weighted by atomic mass is 19.4. The summed E-state index contributed by atoms with van der Waals surface area (Å²) in [5, 5.41) is 9.76. The molecule has 8 heteroatoms. The number of hydrogen-bond donors (Lipinski definition) is 1. The van der Waals surface area contributed by atoms with E-state index in [-0.39, 0.29) is 5.56 Å². The topological polar surface area (TPSA) is 33.1 Å². The Kier molecular flexibility index (Phi) is 4.39. The molecule has 0 aliphatic carbocycles. The first-order chi connectivity index (χ1) is 10.6. The monoisotopic (exact) mass is 335 g/mol. The first-order valence-electron chi connectivity index (χ1n) is 6.40. The molecular formula is C15H11F6NO. The Hall–Kier alpha value is -2.09. The summed E-state index contributed by atoms with van der Waals surface area (Å²) in [7, 11) is 0. The fraction of sp³-hybridized carbons (Fsp3) is 0.267. The summed E-state index contributed by atoms with van der Waals surface area (Å²) >= 11 is 0. The minimum atomic E-state index is -5.94. The molecule has 0 bridgehead atoms. The Morgan fingerprint density at radius 2 is 1.30 bits per heavy atom. The molecule has 124 valence electrons. The van der Waals surface area contributed by atoms with E-state index in [9.17, 15) is 31.4 Å². The van der Waals surface area contributed by atoms with Gasteiger partial charge in [-0.3, -0.25) is 4.98 Å². The molecule has 1 unspecified atom stereocenters. The van der Waals surface area contributed by atoms with Gasteiger partial charge in [-0.2, -0.15) is 26.3 Å². The molecule has 1 N–H and O–H groups in total. The second-order valence-electron chi connectivity index (χ2n) is 4.86. The van der Waals surface area contributed by atoms with Crippen LogP contribution < -0.4 is 0 Å².